The van der Waals surface area contributed by atoms with Crippen LogP contribution >= 0.6 is 43.5 Å². The summed E-state index contributed by atoms with van der Waals surface area (Å²) in [6, 6.07) is 17.9. The van der Waals surface area contributed by atoms with E-state index in [0.717, 1.165) is 14.5 Å². The molecule has 0 aromatic heterocycles. The molecule has 0 aliphatic carbocycles. The Morgan fingerprint density at radius 3 is 2.55 bits per heavy atom. The lowest BCUT2D eigenvalue weighted by atomic mass is 10.00. The number of halogens is 3. The fraction of sp³-hybridized carbons (Fsp3) is 0.136. The summed E-state index contributed by atoms with van der Waals surface area (Å²) in [6.07, 6.45) is -0.922. The minimum absolute atomic E-state index is 0.176. The van der Waals surface area contributed by atoms with Crippen molar-refractivity contribution in [3.05, 3.63) is 91.3 Å². The van der Waals surface area contributed by atoms with Gasteiger partial charge in [0.15, 0.2) is 6.61 Å². The van der Waals surface area contributed by atoms with Gasteiger partial charge in [-0.25, -0.2) is 0 Å². The molecule has 3 aromatic rings. The highest BCUT2D eigenvalue weighted by Crippen LogP contribution is 2.33. The van der Waals surface area contributed by atoms with Crippen LogP contribution in [0, 0.1) is 6.92 Å². The lowest BCUT2D eigenvalue weighted by Crippen LogP contribution is -2.21. The smallest absolute Gasteiger partial charge is 0.262 e. The zero-order valence-electron chi connectivity index (χ0n) is 15.5. The second-order valence-electron chi connectivity index (χ2n) is 6.42. The Bertz CT molecular complexity index is 1000. The highest BCUT2D eigenvalue weighted by molar-refractivity contribution is 9.11. The third-order valence-electron chi connectivity index (χ3n) is 4.24. The van der Waals surface area contributed by atoms with Crippen molar-refractivity contribution in [1.29, 1.82) is 0 Å². The number of carbonyl (C=O) groups excluding carboxylic acids is 1. The first-order valence-electron chi connectivity index (χ1n) is 8.76. The highest BCUT2D eigenvalue weighted by Gasteiger charge is 2.17. The third-order valence-corrected chi connectivity index (χ3v) is 5.52. The van der Waals surface area contributed by atoms with Gasteiger partial charge in [0, 0.05) is 20.7 Å². The predicted molar refractivity (Wildman–Crippen MR) is 123 cm³/mol. The van der Waals surface area contributed by atoms with Gasteiger partial charge in [0.05, 0.1) is 4.47 Å². The first-order valence-corrected chi connectivity index (χ1v) is 10.7. The summed E-state index contributed by atoms with van der Waals surface area (Å²) >= 11 is 13.0. The minimum atomic E-state index is -0.922. The number of anilines is 1. The van der Waals surface area contributed by atoms with Gasteiger partial charge in [0.2, 0.25) is 0 Å². The molecule has 2 N–H and O–H groups in total. The second kappa shape index (κ2) is 9.76. The van der Waals surface area contributed by atoms with Gasteiger partial charge in [0.25, 0.3) is 5.91 Å². The molecule has 4 nitrogen and oxygen atoms in total. The Kier molecular flexibility index (Phi) is 7.35. The quantitative estimate of drug-likeness (QED) is 0.388. The topological polar surface area (TPSA) is 58.6 Å². The van der Waals surface area contributed by atoms with E-state index in [1.807, 2.05) is 49.4 Å². The van der Waals surface area contributed by atoms with Crippen LogP contribution in [0.25, 0.3) is 0 Å². The number of aryl methyl sites for hydroxylation is 1. The van der Waals surface area contributed by atoms with Crippen LogP contribution < -0.4 is 10.1 Å². The van der Waals surface area contributed by atoms with E-state index in [-0.39, 0.29) is 12.5 Å². The lowest BCUT2D eigenvalue weighted by Gasteiger charge is -2.18. The Labute approximate surface area is 191 Å². The SMILES string of the molecule is Cc1cc(Br)cc(Br)c1OCC(=O)Nc1ccc(Cl)cc1[C@@H](O)c1ccccc1. The van der Waals surface area contributed by atoms with Gasteiger partial charge in [-0.1, -0.05) is 57.9 Å². The summed E-state index contributed by atoms with van der Waals surface area (Å²) in [7, 11) is 0. The molecule has 0 bridgehead atoms. The molecule has 29 heavy (non-hydrogen) atoms. The average Bonchev–Trinajstić information content (AvgIpc) is 2.68. The number of hydrogen-bond acceptors (Lipinski definition) is 3. The van der Waals surface area contributed by atoms with E-state index in [1.54, 1.807) is 18.2 Å². The van der Waals surface area contributed by atoms with Gasteiger partial charge < -0.3 is 15.2 Å². The maximum Gasteiger partial charge on any atom is 0.262 e. The van der Waals surface area contributed by atoms with Gasteiger partial charge >= 0.3 is 0 Å². The van der Waals surface area contributed by atoms with E-state index in [2.05, 4.69) is 37.2 Å². The molecule has 0 fully saturated rings. The molecule has 1 amide bonds. The van der Waals surface area contributed by atoms with Crippen LogP contribution in [0.5, 0.6) is 5.75 Å². The molecule has 0 radical (unpaired) electrons. The average molecular weight is 540 g/mol. The number of aliphatic hydroxyl groups excluding tert-OH is 1. The van der Waals surface area contributed by atoms with E-state index < -0.39 is 6.10 Å². The van der Waals surface area contributed by atoms with Crippen molar-refractivity contribution in [2.45, 2.75) is 13.0 Å². The van der Waals surface area contributed by atoms with Gasteiger partial charge in [-0.2, -0.15) is 0 Å². The van der Waals surface area contributed by atoms with E-state index in [9.17, 15) is 9.90 Å². The van der Waals surface area contributed by atoms with Crippen molar-refractivity contribution in [2.75, 3.05) is 11.9 Å². The monoisotopic (exact) mass is 537 g/mol. The van der Waals surface area contributed by atoms with Crippen LogP contribution in [0.2, 0.25) is 5.02 Å². The third kappa shape index (κ3) is 5.60. The number of carbonyl (C=O) groups is 1. The fourth-order valence-electron chi connectivity index (χ4n) is 2.88. The standard InChI is InChI=1S/C22H18Br2ClNO3/c1-13-9-15(23)10-18(24)22(13)29-12-20(27)26-19-8-7-16(25)11-17(19)21(28)14-5-3-2-4-6-14/h2-11,21,28H,12H2,1H3,(H,26,27)/t21-/m0/s1. The van der Waals surface area contributed by atoms with Crippen molar-refractivity contribution in [1.82, 2.24) is 0 Å². The number of benzene rings is 3. The van der Waals surface area contributed by atoms with Crippen molar-refractivity contribution in [3.8, 4) is 5.75 Å². The first kappa shape index (κ1) is 21.8. The van der Waals surface area contributed by atoms with Gasteiger partial charge in [-0.15, -0.1) is 0 Å². The number of amides is 1. The molecule has 0 spiro atoms. The largest absolute Gasteiger partial charge is 0.482 e. The van der Waals surface area contributed by atoms with Gasteiger partial charge in [0.1, 0.15) is 11.9 Å². The molecule has 0 unspecified atom stereocenters. The molecule has 0 aliphatic heterocycles. The molecular formula is C22H18Br2ClNO3. The Morgan fingerprint density at radius 1 is 1.14 bits per heavy atom. The van der Waals surface area contributed by atoms with Crippen molar-refractivity contribution in [3.63, 3.8) is 0 Å². The fourth-order valence-corrected chi connectivity index (χ4v) is 4.62. The predicted octanol–water partition coefficient (Wildman–Crippen LogP) is 6.27. The molecule has 3 rings (SSSR count). The summed E-state index contributed by atoms with van der Waals surface area (Å²) in [6.45, 7) is 1.72. The van der Waals surface area contributed by atoms with Crippen LogP contribution in [-0.2, 0) is 4.79 Å². The summed E-state index contributed by atoms with van der Waals surface area (Å²) in [5.41, 5.74) is 2.59. The molecule has 150 valence electrons. The molecular weight excluding hydrogens is 522 g/mol. The summed E-state index contributed by atoms with van der Waals surface area (Å²) in [4.78, 5) is 12.5. The minimum Gasteiger partial charge on any atom is -0.482 e. The summed E-state index contributed by atoms with van der Waals surface area (Å²) in [5.74, 6) is 0.257. The Balaban J connectivity index is 1.76. The first-order chi connectivity index (χ1) is 13.8. The molecule has 1 atom stereocenters. The molecule has 3 aromatic carbocycles. The second-order valence-corrected chi connectivity index (χ2v) is 8.62. The van der Waals surface area contributed by atoms with E-state index in [0.29, 0.717) is 27.6 Å². The van der Waals surface area contributed by atoms with Crippen LogP contribution in [0.1, 0.15) is 22.8 Å². The Hall–Kier alpha value is -1.86. The normalized spacial score (nSPS) is 11.8. The van der Waals surface area contributed by atoms with Gasteiger partial charge in [-0.05, 0) is 64.3 Å². The Morgan fingerprint density at radius 2 is 1.86 bits per heavy atom. The lowest BCUT2D eigenvalue weighted by molar-refractivity contribution is -0.118. The maximum absolute atomic E-state index is 12.5. The van der Waals surface area contributed by atoms with E-state index in [1.165, 1.54) is 0 Å². The molecule has 0 saturated heterocycles. The highest BCUT2D eigenvalue weighted by atomic mass is 79.9. The van der Waals surface area contributed by atoms with Crippen LogP contribution in [0.3, 0.4) is 0 Å². The van der Waals surface area contributed by atoms with Crippen molar-refractivity contribution < 1.29 is 14.6 Å². The van der Waals surface area contributed by atoms with E-state index >= 15 is 0 Å². The number of ether oxygens (including phenoxy) is 1. The molecule has 0 aliphatic rings. The maximum atomic E-state index is 12.5. The number of nitrogens with one attached hydrogen (secondary N) is 1. The number of aliphatic hydroxyl groups is 1. The van der Waals surface area contributed by atoms with Crippen LogP contribution in [0.4, 0.5) is 5.69 Å². The molecule has 0 heterocycles. The van der Waals surface area contributed by atoms with Crippen molar-refractivity contribution >= 4 is 55.1 Å². The summed E-state index contributed by atoms with van der Waals surface area (Å²) in [5, 5.41) is 14.0. The van der Waals surface area contributed by atoms with Crippen LogP contribution in [0.15, 0.2) is 69.6 Å². The van der Waals surface area contributed by atoms with Crippen molar-refractivity contribution in [2.24, 2.45) is 0 Å². The zero-order valence-corrected chi connectivity index (χ0v) is 19.4. The van der Waals surface area contributed by atoms with Gasteiger partial charge in [-0.3, -0.25) is 4.79 Å². The van der Waals surface area contributed by atoms with E-state index in [4.69, 9.17) is 16.3 Å². The molecule has 7 heteroatoms. The number of rotatable bonds is 6. The zero-order chi connectivity index (χ0) is 21.0. The summed E-state index contributed by atoms with van der Waals surface area (Å²) < 4.78 is 7.37. The van der Waals surface area contributed by atoms with Crippen LogP contribution in [-0.4, -0.2) is 17.6 Å². The molecule has 0 saturated carbocycles. The number of hydrogen-bond donors (Lipinski definition) is 2.